The number of hydrogen-bond acceptors (Lipinski definition) is 7. The minimum atomic E-state index is -0.714. The van der Waals surface area contributed by atoms with Crippen molar-refractivity contribution in [1.82, 2.24) is 24.9 Å². The first-order chi connectivity index (χ1) is 22.0. The van der Waals surface area contributed by atoms with E-state index in [1.54, 1.807) is 23.8 Å². The predicted molar refractivity (Wildman–Crippen MR) is 181 cm³/mol. The van der Waals surface area contributed by atoms with Crippen LogP contribution in [-0.4, -0.2) is 112 Å². The van der Waals surface area contributed by atoms with Crippen molar-refractivity contribution >= 4 is 29.8 Å². The summed E-state index contributed by atoms with van der Waals surface area (Å²) in [6.45, 7) is 20.4. The molecule has 0 unspecified atom stereocenters. The van der Waals surface area contributed by atoms with Gasteiger partial charge in [-0.05, 0) is 90.5 Å². The number of piperidine rings is 2. The number of carbonyl (C=O) groups excluding carboxylic acids is 6. The Labute approximate surface area is 282 Å². The molecule has 266 valence electrons. The van der Waals surface area contributed by atoms with Crippen LogP contribution in [-0.2, 0) is 28.8 Å². The highest BCUT2D eigenvalue weighted by Crippen LogP contribution is 2.28. The van der Waals surface area contributed by atoms with Crippen LogP contribution in [0.1, 0.15) is 114 Å². The fourth-order valence-corrected chi connectivity index (χ4v) is 7.28. The molecule has 4 amide bonds. The average Bonchev–Trinajstić information content (AvgIpc) is 3.51. The first kappa shape index (κ1) is 40.1. The SMILES string of the molecule is C/C(=C\[C@H](C(C)C)N(C)C(=O)[C@@H](NC(=O)[C@H]1CCCCN1C(C)C)C(C)(C)C)C(=O)N1CCC[C@H]1C(=O)N1CCCC[C@H]1C.O=C=O. The Hall–Kier alpha value is -3.04. The lowest BCUT2D eigenvalue weighted by atomic mass is 9.84. The molecule has 3 fully saturated rings. The van der Waals surface area contributed by atoms with E-state index >= 15 is 0 Å². The van der Waals surface area contributed by atoms with Gasteiger partial charge in [0.05, 0.1) is 12.1 Å². The van der Waals surface area contributed by atoms with Gasteiger partial charge in [-0.25, -0.2) is 0 Å². The molecular weight excluding hydrogens is 598 g/mol. The molecule has 11 nitrogen and oxygen atoms in total. The van der Waals surface area contributed by atoms with E-state index in [-0.39, 0.29) is 59.9 Å². The standard InChI is InChI=1S/C35H61N5O4.CO2/c1-23(2)29(22-25(5)32(42)40-21-15-18-28(40)33(43)39-20-13-11-16-26(39)6)37(10)34(44)30(35(7,8)9)36-31(41)27-17-12-14-19-38(27)24(3)4;2-1-3/h22-24,26-30H,11-21H2,1-10H3,(H,36,41);/b25-22+;/t26-,27-,28+,29-,30-;/m1./s1. The molecule has 0 spiro atoms. The number of nitrogens with zero attached hydrogens (tertiary/aromatic N) is 4. The molecule has 0 bridgehead atoms. The molecule has 0 aromatic rings. The fraction of sp³-hybridized carbons (Fsp3) is 0.806. The summed E-state index contributed by atoms with van der Waals surface area (Å²) >= 11 is 0. The van der Waals surface area contributed by atoms with Crippen molar-refractivity contribution in [3.63, 3.8) is 0 Å². The Bertz CT molecular complexity index is 1150. The molecule has 0 saturated carbocycles. The van der Waals surface area contributed by atoms with E-state index in [1.807, 2.05) is 45.6 Å². The van der Waals surface area contributed by atoms with E-state index in [9.17, 15) is 19.2 Å². The third-order valence-corrected chi connectivity index (χ3v) is 10.0. The third kappa shape index (κ3) is 10.5. The van der Waals surface area contributed by atoms with E-state index in [1.165, 1.54) is 0 Å². The Balaban J connectivity index is 0.00000246. The molecule has 3 aliphatic rings. The van der Waals surface area contributed by atoms with Gasteiger partial charge in [-0.1, -0.05) is 47.1 Å². The molecule has 47 heavy (non-hydrogen) atoms. The smallest absolute Gasteiger partial charge is 0.342 e. The Kier molecular flexibility index (Phi) is 15.3. The molecule has 0 radical (unpaired) electrons. The van der Waals surface area contributed by atoms with Gasteiger partial charge in [-0.3, -0.25) is 24.1 Å². The van der Waals surface area contributed by atoms with Crippen LogP contribution in [0.3, 0.4) is 0 Å². The van der Waals surface area contributed by atoms with Crippen molar-refractivity contribution in [2.45, 2.75) is 150 Å². The summed E-state index contributed by atoms with van der Waals surface area (Å²) in [6.07, 6.45) is 9.67. The zero-order valence-corrected chi connectivity index (χ0v) is 30.6. The van der Waals surface area contributed by atoms with Crippen LogP contribution in [0, 0.1) is 11.3 Å². The van der Waals surface area contributed by atoms with E-state index in [0.717, 1.165) is 58.0 Å². The van der Waals surface area contributed by atoms with Crippen molar-refractivity contribution in [2.24, 2.45) is 11.3 Å². The summed E-state index contributed by atoms with van der Waals surface area (Å²) in [5.74, 6) is -0.287. The Morgan fingerprint density at radius 2 is 1.40 bits per heavy atom. The third-order valence-electron chi connectivity index (χ3n) is 10.0. The van der Waals surface area contributed by atoms with E-state index in [2.05, 4.69) is 31.0 Å². The van der Waals surface area contributed by atoms with E-state index < -0.39 is 17.5 Å². The maximum absolute atomic E-state index is 14.1. The van der Waals surface area contributed by atoms with Crippen molar-refractivity contribution in [3.05, 3.63) is 11.6 Å². The van der Waals surface area contributed by atoms with Crippen molar-refractivity contribution in [2.75, 3.05) is 26.7 Å². The van der Waals surface area contributed by atoms with Crippen LogP contribution >= 0.6 is 0 Å². The van der Waals surface area contributed by atoms with Crippen molar-refractivity contribution in [3.8, 4) is 0 Å². The van der Waals surface area contributed by atoms with Crippen LogP contribution in [0.25, 0.3) is 0 Å². The zero-order valence-electron chi connectivity index (χ0n) is 30.6. The molecular formula is C36H61N5O6. The minimum Gasteiger partial charge on any atom is -0.342 e. The molecule has 1 N–H and O–H groups in total. The Morgan fingerprint density at radius 1 is 0.851 bits per heavy atom. The van der Waals surface area contributed by atoms with Gasteiger partial charge >= 0.3 is 6.15 Å². The summed E-state index contributed by atoms with van der Waals surface area (Å²) in [7, 11) is 1.77. The van der Waals surface area contributed by atoms with Gasteiger partial charge in [0.2, 0.25) is 23.6 Å². The van der Waals surface area contributed by atoms with Gasteiger partial charge in [0, 0.05) is 37.8 Å². The summed E-state index contributed by atoms with van der Waals surface area (Å²) in [5.41, 5.74) is 0.0317. The second-order valence-electron chi connectivity index (χ2n) is 15.3. The first-order valence-corrected chi connectivity index (χ1v) is 17.6. The molecule has 3 heterocycles. The highest BCUT2D eigenvalue weighted by molar-refractivity contribution is 5.97. The molecule has 3 aliphatic heterocycles. The minimum absolute atomic E-state index is 0.0306. The number of amides is 4. The summed E-state index contributed by atoms with van der Waals surface area (Å²) in [5, 5.41) is 3.15. The van der Waals surface area contributed by atoms with Gasteiger partial charge in [0.25, 0.3) is 0 Å². The topological polar surface area (TPSA) is 127 Å². The number of rotatable bonds is 9. The first-order valence-electron chi connectivity index (χ1n) is 17.6. The maximum atomic E-state index is 14.1. The van der Waals surface area contributed by atoms with Crippen molar-refractivity contribution in [1.29, 1.82) is 0 Å². The molecule has 3 rings (SSSR count). The summed E-state index contributed by atoms with van der Waals surface area (Å²) in [4.78, 5) is 79.0. The van der Waals surface area contributed by atoms with E-state index in [0.29, 0.717) is 18.5 Å². The molecule has 0 aliphatic carbocycles. The molecule has 0 aromatic carbocycles. The van der Waals surface area contributed by atoms with Gasteiger partial charge < -0.3 is 20.0 Å². The van der Waals surface area contributed by atoms with Crippen LogP contribution in [0.2, 0.25) is 0 Å². The summed E-state index contributed by atoms with van der Waals surface area (Å²) < 4.78 is 0. The number of likely N-dealkylation sites (tertiary alicyclic amines) is 3. The monoisotopic (exact) mass is 659 g/mol. The van der Waals surface area contributed by atoms with Crippen LogP contribution in [0.4, 0.5) is 0 Å². The largest absolute Gasteiger partial charge is 0.373 e. The highest BCUT2D eigenvalue weighted by atomic mass is 16.2. The lowest BCUT2D eigenvalue weighted by Crippen LogP contribution is -2.60. The Morgan fingerprint density at radius 3 is 1.96 bits per heavy atom. The lowest BCUT2D eigenvalue weighted by Gasteiger charge is -2.41. The molecule has 5 atom stereocenters. The number of hydrogen-bond donors (Lipinski definition) is 1. The number of likely N-dealkylation sites (N-methyl/N-ethyl adjacent to an activating group) is 1. The maximum Gasteiger partial charge on any atom is 0.373 e. The van der Waals surface area contributed by atoms with Gasteiger partial charge in [0.15, 0.2) is 0 Å². The molecule has 3 saturated heterocycles. The van der Waals surface area contributed by atoms with Gasteiger partial charge in [-0.15, -0.1) is 0 Å². The average molecular weight is 660 g/mol. The fourth-order valence-electron chi connectivity index (χ4n) is 7.28. The second-order valence-corrected chi connectivity index (χ2v) is 15.3. The van der Waals surface area contributed by atoms with Gasteiger partial charge in [0.1, 0.15) is 12.1 Å². The van der Waals surface area contributed by atoms with Crippen LogP contribution in [0.5, 0.6) is 0 Å². The molecule has 11 heteroatoms. The van der Waals surface area contributed by atoms with Gasteiger partial charge in [-0.2, -0.15) is 9.59 Å². The highest BCUT2D eigenvalue weighted by Gasteiger charge is 2.41. The van der Waals surface area contributed by atoms with Crippen LogP contribution in [0.15, 0.2) is 11.6 Å². The normalized spacial score (nSPS) is 23.8. The lowest BCUT2D eigenvalue weighted by molar-refractivity contribution is -0.191. The quantitative estimate of drug-likeness (QED) is 0.371. The summed E-state index contributed by atoms with van der Waals surface area (Å²) in [6, 6.07) is -1.27. The van der Waals surface area contributed by atoms with E-state index in [4.69, 9.17) is 9.59 Å². The zero-order chi connectivity index (χ0) is 35.6. The van der Waals surface area contributed by atoms with Crippen LogP contribution < -0.4 is 5.32 Å². The predicted octanol–water partition coefficient (Wildman–Crippen LogP) is 4.02. The number of carbonyl (C=O) groups is 4. The van der Waals surface area contributed by atoms with Crippen molar-refractivity contribution < 1.29 is 28.8 Å². The second kappa shape index (κ2) is 17.9. The molecule has 0 aromatic heterocycles. The number of nitrogens with one attached hydrogen (secondary N) is 1.